The third kappa shape index (κ3) is 1.74. The van der Waals surface area contributed by atoms with Crippen LogP contribution in [0.25, 0.3) is 0 Å². The Morgan fingerprint density at radius 1 is 1.43 bits per heavy atom. The number of alkyl halides is 3. The van der Waals surface area contributed by atoms with Gasteiger partial charge in [-0.05, 0) is 28.1 Å². The van der Waals surface area contributed by atoms with Crippen LogP contribution in [0.3, 0.4) is 0 Å². The van der Waals surface area contributed by atoms with Crippen molar-refractivity contribution >= 4 is 15.9 Å². The van der Waals surface area contributed by atoms with Gasteiger partial charge in [-0.3, -0.25) is 4.74 Å². The van der Waals surface area contributed by atoms with Crippen LogP contribution in [0.15, 0.2) is 30.3 Å². The Labute approximate surface area is 87.9 Å². The van der Waals surface area contributed by atoms with E-state index in [2.05, 4.69) is 20.7 Å². The van der Waals surface area contributed by atoms with E-state index in [-0.39, 0.29) is 0 Å². The monoisotopic (exact) mass is 264 g/mol. The predicted octanol–water partition coefficient (Wildman–Crippen LogP) is 2.78. The van der Waals surface area contributed by atoms with Crippen LogP contribution in [-0.2, 0) is 4.74 Å². The van der Waals surface area contributed by atoms with Gasteiger partial charge in [0.25, 0.3) is 6.36 Å². The molecular weight excluding hydrogens is 258 g/mol. The van der Waals surface area contributed by atoms with Gasteiger partial charge in [0.15, 0.2) is 0 Å². The number of hydrogen-bond acceptors (Lipinski definition) is 2. The minimum absolute atomic E-state index is 0.453. The highest BCUT2D eigenvalue weighted by atomic mass is 79.9. The molecule has 1 aromatic rings. The summed E-state index contributed by atoms with van der Waals surface area (Å²) in [5.74, 6) is -1.90. The first-order valence-electron chi connectivity index (χ1n) is 3.99. The lowest BCUT2D eigenvalue weighted by atomic mass is 10.3. The third-order valence-electron chi connectivity index (χ3n) is 1.83. The molecule has 14 heavy (non-hydrogen) atoms. The molecule has 0 aromatic heterocycles. The Morgan fingerprint density at radius 3 is 2.50 bits per heavy atom. The molecule has 0 saturated carbocycles. The van der Waals surface area contributed by atoms with Crippen molar-refractivity contribution in [3.8, 4) is 5.75 Å². The summed E-state index contributed by atoms with van der Waals surface area (Å²) in [4.78, 5) is 0. The summed E-state index contributed by atoms with van der Waals surface area (Å²) in [6.07, 6.45) is -1.91. The van der Waals surface area contributed by atoms with Crippen LogP contribution in [0.1, 0.15) is 0 Å². The first-order valence-corrected chi connectivity index (χ1v) is 4.91. The van der Waals surface area contributed by atoms with E-state index in [0.29, 0.717) is 5.75 Å². The maximum atomic E-state index is 13.2. The molecule has 2 nitrogen and oxygen atoms in total. The topological polar surface area (TPSA) is 21.8 Å². The first kappa shape index (κ1) is 9.86. The lowest BCUT2D eigenvalue weighted by Crippen LogP contribution is -2.26. The Bertz CT molecular complexity index is 322. The Hall–Kier alpha value is -0.680. The summed E-state index contributed by atoms with van der Waals surface area (Å²) in [7, 11) is 0. The normalized spacial score (nSPS) is 32.4. The van der Waals surface area contributed by atoms with Gasteiger partial charge in [-0.1, -0.05) is 18.2 Å². The summed E-state index contributed by atoms with van der Waals surface area (Å²) in [5.41, 5.74) is 0. The van der Waals surface area contributed by atoms with Gasteiger partial charge in [0, 0.05) is 0 Å². The van der Waals surface area contributed by atoms with E-state index >= 15 is 0 Å². The second kappa shape index (κ2) is 3.47. The van der Waals surface area contributed by atoms with Crippen LogP contribution in [0, 0.1) is 0 Å². The summed E-state index contributed by atoms with van der Waals surface area (Å²) in [6.45, 7) is 0. The molecule has 1 aliphatic heterocycles. The van der Waals surface area contributed by atoms with Gasteiger partial charge in [0.1, 0.15) is 5.75 Å². The number of halogens is 3. The molecule has 1 fully saturated rings. The molecule has 5 heteroatoms. The van der Waals surface area contributed by atoms with Gasteiger partial charge >= 0.3 is 5.85 Å². The average Bonchev–Trinajstić information content (AvgIpc) is 2.78. The van der Waals surface area contributed by atoms with Gasteiger partial charge in [0.2, 0.25) is 5.01 Å². The van der Waals surface area contributed by atoms with Crippen LogP contribution in [0.2, 0.25) is 0 Å². The van der Waals surface area contributed by atoms with Gasteiger partial charge in [0.05, 0.1) is 0 Å². The molecule has 1 heterocycles. The van der Waals surface area contributed by atoms with E-state index < -0.39 is 17.2 Å². The molecule has 76 valence electrons. The highest BCUT2D eigenvalue weighted by Crippen LogP contribution is 2.45. The van der Waals surface area contributed by atoms with E-state index in [0.717, 1.165) is 0 Å². The Morgan fingerprint density at radius 2 is 2.00 bits per heavy atom. The van der Waals surface area contributed by atoms with E-state index in [4.69, 9.17) is 4.74 Å². The molecule has 3 unspecified atom stereocenters. The van der Waals surface area contributed by atoms with Gasteiger partial charge in [-0.25, -0.2) is 8.78 Å². The van der Waals surface area contributed by atoms with Crippen LogP contribution < -0.4 is 4.74 Å². The van der Waals surface area contributed by atoms with Crippen molar-refractivity contribution in [2.24, 2.45) is 0 Å². The van der Waals surface area contributed by atoms with Crippen LogP contribution in [0.5, 0.6) is 5.75 Å². The summed E-state index contributed by atoms with van der Waals surface area (Å²) in [5, 5.41) is -1.13. The molecule has 0 N–H and O–H groups in total. The first-order chi connectivity index (χ1) is 6.63. The molecule has 0 bridgehead atoms. The molecule has 0 spiro atoms. The van der Waals surface area contributed by atoms with Crippen molar-refractivity contribution < 1.29 is 18.3 Å². The average molecular weight is 265 g/mol. The fourth-order valence-electron chi connectivity index (χ4n) is 0.980. The molecule has 0 aliphatic carbocycles. The number of rotatable bonds is 3. The number of epoxide rings is 1. The van der Waals surface area contributed by atoms with Crippen molar-refractivity contribution in [2.45, 2.75) is 17.2 Å². The SMILES string of the molecule is FC1OC1(F)C(Br)Oc1ccccc1. The van der Waals surface area contributed by atoms with Crippen molar-refractivity contribution in [3.05, 3.63) is 30.3 Å². The van der Waals surface area contributed by atoms with Gasteiger partial charge in [-0.15, -0.1) is 0 Å². The number of para-hydroxylation sites is 1. The second-order valence-electron chi connectivity index (χ2n) is 2.88. The second-order valence-corrected chi connectivity index (χ2v) is 3.71. The standard InChI is InChI=1S/C9H7BrF2O2/c10-7(9(12)8(11)14-9)13-6-4-2-1-3-5-6/h1-5,7-8H. The van der Waals surface area contributed by atoms with Crippen LogP contribution in [-0.4, -0.2) is 17.2 Å². The fraction of sp³-hybridized carbons (Fsp3) is 0.333. The molecular formula is C9H7BrF2O2. The highest BCUT2D eigenvalue weighted by Gasteiger charge is 2.66. The van der Waals surface area contributed by atoms with Crippen molar-refractivity contribution in [1.29, 1.82) is 0 Å². The van der Waals surface area contributed by atoms with Crippen molar-refractivity contribution in [3.63, 3.8) is 0 Å². The van der Waals surface area contributed by atoms with Gasteiger partial charge in [-0.2, -0.15) is 0 Å². The fourth-order valence-corrected chi connectivity index (χ4v) is 1.51. The van der Waals surface area contributed by atoms with E-state index in [1.54, 1.807) is 30.3 Å². The van der Waals surface area contributed by atoms with E-state index in [1.165, 1.54) is 0 Å². The molecule has 2 rings (SSSR count). The number of hydrogen-bond donors (Lipinski definition) is 0. The zero-order chi connectivity index (χ0) is 10.2. The number of ether oxygens (including phenoxy) is 2. The minimum atomic E-state index is -2.35. The molecule has 0 radical (unpaired) electrons. The minimum Gasteiger partial charge on any atom is -0.473 e. The molecule has 1 aromatic carbocycles. The lowest BCUT2D eigenvalue weighted by molar-refractivity contribution is 0.0601. The number of benzene rings is 1. The third-order valence-corrected chi connectivity index (χ3v) is 2.64. The summed E-state index contributed by atoms with van der Waals surface area (Å²) in [6, 6.07) is 8.56. The van der Waals surface area contributed by atoms with Gasteiger partial charge < -0.3 is 4.74 Å². The Balaban J connectivity index is 1.99. The molecule has 1 aliphatic rings. The summed E-state index contributed by atoms with van der Waals surface area (Å²) >= 11 is 2.88. The van der Waals surface area contributed by atoms with Crippen molar-refractivity contribution in [1.82, 2.24) is 0 Å². The molecule has 0 amide bonds. The maximum absolute atomic E-state index is 13.2. The maximum Gasteiger partial charge on any atom is 0.315 e. The largest absolute Gasteiger partial charge is 0.473 e. The molecule has 3 atom stereocenters. The smallest absolute Gasteiger partial charge is 0.315 e. The predicted molar refractivity (Wildman–Crippen MR) is 49.6 cm³/mol. The van der Waals surface area contributed by atoms with Crippen LogP contribution in [0.4, 0.5) is 8.78 Å². The lowest BCUT2D eigenvalue weighted by Gasteiger charge is -2.13. The van der Waals surface area contributed by atoms with Crippen molar-refractivity contribution in [2.75, 3.05) is 0 Å². The van der Waals surface area contributed by atoms with E-state index in [1.807, 2.05) is 0 Å². The van der Waals surface area contributed by atoms with E-state index in [9.17, 15) is 8.78 Å². The summed E-state index contributed by atoms with van der Waals surface area (Å²) < 4.78 is 34.8. The molecule has 1 saturated heterocycles. The van der Waals surface area contributed by atoms with Crippen LogP contribution >= 0.6 is 15.9 Å². The zero-order valence-electron chi connectivity index (χ0n) is 6.99. The quantitative estimate of drug-likeness (QED) is 0.619. The zero-order valence-corrected chi connectivity index (χ0v) is 8.58. The highest BCUT2D eigenvalue weighted by molar-refractivity contribution is 9.09. The Kier molecular flexibility index (Phi) is 2.45.